The molecule has 0 aliphatic heterocycles. The Labute approximate surface area is 131 Å². The highest BCUT2D eigenvalue weighted by molar-refractivity contribution is 7.98. The molecule has 0 unspecified atom stereocenters. The van der Waals surface area contributed by atoms with Crippen LogP contribution in [0.4, 0.5) is 0 Å². The number of rotatable bonds is 6. The molecule has 0 aliphatic rings. The molecule has 0 atom stereocenters. The maximum Gasteiger partial charge on any atom is 0.139 e. The monoisotopic (exact) mass is 301 g/mol. The summed E-state index contributed by atoms with van der Waals surface area (Å²) in [5, 5.41) is 0. The number of benzene rings is 1. The Kier molecular flexibility index (Phi) is 5.76. The van der Waals surface area contributed by atoms with Gasteiger partial charge in [0.2, 0.25) is 0 Å². The first-order valence-electron chi connectivity index (χ1n) is 7.32. The van der Waals surface area contributed by atoms with E-state index in [2.05, 4.69) is 55.0 Å². The number of hydrogen-bond acceptors (Lipinski definition) is 4. The van der Waals surface area contributed by atoms with E-state index in [0.717, 1.165) is 35.8 Å². The lowest BCUT2D eigenvalue weighted by molar-refractivity contribution is 0.796. The molecule has 112 valence electrons. The molecule has 1 aromatic carbocycles. The van der Waals surface area contributed by atoms with Crippen molar-refractivity contribution >= 4 is 11.8 Å². The van der Waals surface area contributed by atoms with E-state index in [1.165, 1.54) is 16.0 Å². The summed E-state index contributed by atoms with van der Waals surface area (Å²) < 4.78 is 0. The van der Waals surface area contributed by atoms with Crippen LogP contribution >= 0.6 is 11.8 Å². The molecule has 0 saturated carbocycles. The highest BCUT2D eigenvalue weighted by Gasteiger charge is 2.08. The van der Waals surface area contributed by atoms with Crippen molar-refractivity contribution in [2.24, 2.45) is 5.73 Å². The summed E-state index contributed by atoms with van der Waals surface area (Å²) in [6.07, 6.45) is 1.96. The van der Waals surface area contributed by atoms with Crippen LogP contribution in [0.1, 0.15) is 34.8 Å². The van der Waals surface area contributed by atoms with Crippen LogP contribution in [0.15, 0.2) is 29.2 Å². The van der Waals surface area contributed by atoms with Gasteiger partial charge in [0.15, 0.2) is 0 Å². The zero-order valence-electron chi connectivity index (χ0n) is 13.0. The van der Waals surface area contributed by atoms with Crippen LogP contribution in [0.2, 0.25) is 0 Å². The van der Waals surface area contributed by atoms with Gasteiger partial charge in [-0.05, 0) is 57.9 Å². The smallest absolute Gasteiger partial charge is 0.139 e. The molecule has 2 rings (SSSR count). The molecular weight excluding hydrogens is 278 g/mol. The van der Waals surface area contributed by atoms with Gasteiger partial charge in [-0.25, -0.2) is 9.97 Å². The predicted molar refractivity (Wildman–Crippen MR) is 89.6 cm³/mol. The first-order chi connectivity index (χ1) is 10.1. The number of hydrogen-bond donors (Lipinski definition) is 1. The summed E-state index contributed by atoms with van der Waals surface area (Å²) in [5.41, 5.74) is 10.3. The minimum absolute atomic E-state index is 0.712. The quantitative estimate of drug-likeness (QED) is 0.829. The number of nitrogens with two attached hydrogens (primary N) is 1. The van der Waals surface area contributed by atoms with Crippen LogP contribution in [-0.4, -0.2) is 16.5 Å². The van der Waals surface area contributed by atoms with Gasteiger partial charge in [0.05, 0.1) is 5.75 Å². The molecule has 0 amide bonds. The third-order valence-corrected chi connectivity index (χ3v) is 4.45. The highest BCUT2D eigenvalue weighted by Crippen LogP contribution is 2.23. The Bertz CT molecular complexity index is 588. The van der Waals surface area contributed by atoms with Gasteiger partial charge in [0.25, 0.3) is 0 Å². The van der Waals surface area contributed by atoms with Crippen LogP contribution in [0, 0.1) is 20.8 Å². The van der Waals surface area contributed by atoms with Gasteiger partial charge in [-0.1, -0.05) is 17.7 Å². The summed E-state index contributed by atoms with van der Waals surface area (Å²) >= 11 is 1.78. The van der Waals surface area contributed by atoms with Crippen molar-refractivity contribution in [1.29, 1.82) is 0 Å². The summed E-state index contributed by atoms with van der Waals surface area (Å²) in [6.45, 7) is 6.97. The molecular formula is C17H23N3S. The normalized spacial score (nSPS) is 10.9. The zero-order chi connectivity index (χ0) is 15.2. The molecule has 0 saturated heterocycles. The van der Waals surface area contributed by atoms with Gasteiger partial charge in [-0.2, -0.15) is 0 Å². The fourth-order valence-corrected chi connectivity index (χ4v) is 3.24. The molecule has 2 aromatic rings. The Morgan fingerprint density at radius 3 is 2.43 bits per heavy atom. The maximum atomic E-state index is 5.59. The Balaban J connectivity index is 2.07. The average molecular weight is 301 g/mol. The Hall–Kier alpha value is -1.39. The second kappa shape index (κ2) is 7.57. The van der Waals surface area contributed by atoms with Crippen molar-refractivity contribution in [2.45, 2.75) is 44.3 Å². The maximum absolute atomic E-state index is 5.59. The largest absolute Gasteiger partial charge is 0.330 e. The van der Waals surface area contributed by atoms with Gasteiger partial charge < -0.3 is 5.73 Å². The van der Waals surface area contributed by atoms with Gasteiger partial charge >= 0.3 is 0 Å². The van der Waals surface area contributed by atoms with E-state index in [9.17, 15) is 0 Å². The SMILES string of the molecule is Cc1cccc(SCc2nc(C)c(CCCN)c(C)n2)c1. The molecule has 1 heterocycles. The minimum atomic E-state index is 0.712. The molecule has 4 heteroatoms. The first-order valence-corrected chi connectivity index (χ1v) is 8.31. The first kappa shape index (κ1) is 16.0. The van der Waals surface area contributed by atoms with Crippen molar-refractivity contribution in [1.82, 2.24) is 9.97 Å². The van der Waals surface area contributed by atoms with Gasteiger partial charge in [-0.3, -0.25) is 0 Å². The molecule has 1 aromatic heterocycles. The number of nitrogens with zero attached hydrogens (tertiary/aromatic N) is 2. The lowest BCUT2D eigenvalue weighted by Gasteiger charge is -2.10. The Morgan fingerprint density at radius 1 is 1.10 bits per heavy atom. The van der Waals surface area contributed by atoms with Crippen LogP contribution < -0.4 is 5.73 Å². The molecule has 0 spiro atoms. The second-order valence-corrected chi connectivity index (χ2v) is 6.34. The summed E-state index contributed by atoms with van der Waals surface area (Å²) in [7, 11) is 0. The molecule has 21 heavy (non-hydrogen) atoms. The standard InChI is InChI=1S/C17H23N3S/c1-12-6-4-7-15(10-12)21-11-17-19-13(2)16(8-5-9-18)14(3)20-17/h4,6-7,10H,5,8-9,11,18H2,1-3H3. The molecule has 0 fully saturated rings. The topological polar surface area (TPSA) is 51.8 Å². The summed E-state index contributed by atoms with van der Waals surface area (Å²) in [5.74, 6) is 1.72. The van der Waals surface area contributed by atoms with Crippen LogP contribution in [-0.2, 0) is 12.2 Å². The van der Waals surface area contributed by atoms with Crippen molar-refractivity contribution in [3.63, 3.8) is 0 Å². The fourth-order valence-electron chi connectivity index (χ4n) is 2.37. The number of aryl methyl sites for hydroxylation is 3. The van der Waals surface area contributed by atoms with E-state index in [1.54, 1.807) is 11.8 Å². The highest BCUT2D eigenvalue weighted by atomic mass is 32.2. The van der Waals surface area contributed by atoms with E-state index < -0.39 is 0 Å². The van der Waals surface area contributed by atoms with Gasteiger partial charge in [0.1, 0.15) is 5.82 Å². The lowest BCUT2D eigenvalue weighted by Crippen LogP contribution is -2.07. The summed E-state index contributed by atoms with van der Waals surface area (Å²) in [4.78, 5) is 10.6. The average Bonchev–Trinajstić information content (AvgIpc) is 2.44. The Morgan fingerprint density at radius 2 is 1.81 bits per heavy atom. The van der Waals surface area contributed by atoms with Crippen molar-refractivity contribution < 1.29 is 0 Å². The number of thioether (sulfide) groups is 1. The van der Waals surface area contributed by atoms with E-state index in [4.69, 9.17) is 5.73 Å². The van der Waals surface area contributed by atoms with Crippen molar-refractivity contribution in [2.75, 3.05) is 6.54 Å². The van der Waals surface area contributed by atoms with Crippen LogP contribution in [0.5, 0.6) is 0 Å². The van der Waals surface area contributed by atoms with Crippen molar-refractivity contribution in [3.05, 3.63) is 52.6 Å². The molecule has 0 bridgehead atoms. The number of aromatic nitrogens is 2. The summed E-state index contributed by atoms with van der Waals surface area (Å²) in [6, 6.07) is 8.53. The van der Waals surface area contributed by atoms with Crippen LogP contribution in [0.3, 0.4) is 0 Å². The van der Waals surface area contributed by atoms with Gasteiger partial charge in [0, 0.05) is 16.3 Å². The third-order valence-electron chi connectivity index (χ3n) is 3.46. The third kappa shape index (κ3) is 4.55. The van der Waals surface area contributed by atoms with E-state index in [0.29, 0.717) is 6.54 Å². The van der Waals surface area contributed by atoms with E-state index >= 15 is 0 Å². The van der Waals surface area contributed by atoms with Crippen molar-refractivity contribution in [3.8, 4) is 0 Å². The second-order valence-electron chi connectivity index (χ2n) is 5.29. The lowest BCUT2D eigenvalue weighted by atomic mass is 10.1. The zero-order valence-corrected chi connectivity index (χ0v) is 13.8. The fraction of sp³-hybridized carbons (Fsp3) is 0.412. The minimum Gasteiger partial charge on any atom is -0.330 e. The molecule has 3 nitrogen and oxygen atoms in total. The predicted octanol–water partition coefficient (Wildman–Crippen LogP) is 3.59. The van der Waals surface area contributed by atoms with E-state index in [-0.39, 0.29) is 0 Å². The molecule has 0 radical (unpaired) electrons. The van der Waals surface area contributed by atoms with Crippen LogP contribution in [0.25, 0.3) is 0 Å². The molecule has 0 aliphatic carbocycles. The molecule has 2 N–H and O–H groups in total. The van der Waals surface area contributed by atoms with E-state index in [1.807, 2.05) is 0 Å². The van der Waals surface area contributed by atoms with Gasteiger partial charge in [-0.15, -0.1) is 11.8 Å².